The van der Waals surface area contributed by atoms with Crippen LogP contribution in [0, 0.1) is 5.92 Å². The molecule has 3 aliphatic rings. The minimum atomic E-state index is 0.118. The number of aryl methyl sites for hydroxylation is 1. The highest BCUT2D eigenvalue weighted by atomic mass is 16.5. The first kappa shape index (κ1) is 22.1. The number of nitrogens with zero attached hydrogens (tertiary/aromatic N) is 2. The smallest absolute Gasteiger partial charge is 0.250 e. The molecule has 178 valence electrons. The summed E-state index contributed by atoms with van der Waals surface area (Å²) in [4.78, 5) is 27.9. The topological polar surface area (TPSA) is 51.5 Å². The summed E-state index contributed by atoms with van der Waals surface area (Å²) in [5, 5.41) is 0. The molecule has 1 aliphatic carbocycles. The first-order valence-electron chi connectivity index (χ1n) is 12.5. The summed E-state index contributed by atoms with van der Waals surface area (Å²) < 4.78 is 7.68. The van der Waals surface area contributed by atoms with E-state index in [-0.39, 0.29) is 11.3 Å². The van der Waals surface area contributed by atoms with Crippen LogP contribution in [-0.4, -0.2) is 35.4 Å². The fraction of sp³-hybridized carbons (Fsp3) is 0.333. The third-order valence-electron chi connectivity index (χ3n) is 7.81. The fourth-order valence-corrected chi connectivity index (χ4v) is 6.23. The number of carbonyl (C=O) groups is 1. The summed E-state index contributed by atoms with van der Waals surface area (Å²) in [6.45, 7) is 3.50. The number of aromatic nitrogens is 1. The summed E-state index contributed by atoms with van der Waals surface area (Å²) in [6, 6.07) is 19.8. The van der Waals surface area contributed by atoms with Crippen LogP contribution in [0.4, 0.5) is 0 Å². The van der Waals surface area contributed by atoms with E-state index in [4.69, 9.17) is 4.74 Å². The van der Waals surface area contributed by atoms with Crippen molar-refractivity contribution in [1.29, 1.82) is 0 Å². The summed E-state index contributed by atoms with van der Waals surface area (Å²) in [6.07, 6.45) is 4.87. The maximum absolute atomic E-state index is 13.1. The van der Waals surface area contributed by atoms with Crippen LogP contribution in [0.3, 0.4) is 0 Å². The van der Waals surface area contributed by atoms with Gasteiger partial charge in [0.05, 0.1) is 7.11 Å². The number of likely N-dealkylation sites (tertiary alicyclic amines) is 1. The van der Waals surface area contributed by atoms with E-state index in [1.165, 1.54) is 5.69 Å². The average molecular weight is 467 g/mol. The molecule has 0 N–H and O–H groups in total. The van der Waals surface area contributed by atoms with E-state index < -0.39 is 0 Å². The molecular formula is C30H30N2O3. The van der Waals surface area contributed by atoms with Crippen molar-refractivity contribution in [1.82, 2.24) is 9.47 Å². The van der Waals surface area contributed by atoms with Gasteiger partial charge < -0.3 is 9.30 Å². The predicted molar refractivity (Wildman–Crippen MR) is 137 cm³/mol. The molecule has 1 aromatic heterocycles. The molecule has 5 nitrogen and oxygen atoms in total. The van der Waals surface area contributed by atoms with Gasteiger partial charge in [-0.1, -0.05) is 36.4 Å². The predicted octanol–water partition coefficient (Wildman–Crippen LogP) is 4.69. The van der Waals surface area contributed by atoms with Gasteiger partial charge in [-0.2, -0.15) is 0 Å². The zero-order chi connectivity index (χ0) is 23.9. The zero-order valence-electron chi connectivity index (χ0n) is 20.1. The van der Waals surface area contributed by atoms with E-state index in [0.717, 1.165) is 79.0 Å². The maximum atomic E-state index is 13.1. The van der Waals surface area contributed by atoms with Crippen molar-refractivity contribution in [3.8, 4) is 5.75 Å². The lowest BCUT2D eigenvalue weighted by Gasteiger charge is -2.43. The first-order chi connectivity index (χ1) is 17.1. The number of fused-ring (bicyclic) bond motifs is 5. The Hall–Kier alpha value is -3.44. The highest BCUT2D eigenvalue weighted by Crippen LogP contribution is 2.36. The second-order valence-electron chi connectivity index (χ2n) is 10.1. The summed E-state index contributed by atoms with van der Waals surface area (Å²) >= 11 is 0. The van der Waals surface area contributed by atoms with Crippen LogP contribution < -0.4 is 10.3 Å². The Kier molecular flexibility index (Phi) is 5.65. The van der Waals surface area contributed by atoms with Gasteiger partial charge in [0, 0.05) is 60.6 Å². The van der Waals surface area contributed by atoms with Crippen molar-refractivity contribution in [2.24, 2.45) is 5.92 Å². The lowest BCUT2D eigenvalue weighted by atomic mass is 9.83. The van der Waals surface area contributed by atoms with E-state index >= 15 is 0 Å². The Labute approximate surface area is 205 Å². The van der Waals surface area contributed by atoms with E-state index in [1.54, 1.807) is 13.2 Å². The molecule has 5 heteroatoms. The van der Waals surface area contributed by atoms with Gasteiger partial charge >= 0.3 is 0 Å². The largest absolute Gasteiger partial charge is 0.496 e. The Morgan fingerprint density at radius 2 is 1.86 bits per heavy atom. The van der Waals surface area contributed by atoms with Gasteiger partial charge in [0.15, 0.2) is 5.78 Å². The summed E-state index contributed by atoms with van der Waals surface area (Å²) in [5.74, 6) is 1.88. The van der Waals surface area contributed by atoms with Crippen molar-refractivity contribution in [2.75, 3.05) is 20.2 Å². The van der Waals surface area contributed by atoms with E-state index in [1.807, 2.05) is 41.0 Å². The Morgan fingerprint density at radius 1 is 0.971 bits per heavy atom. The van der Waals surface area contributed by atoms with E-state index in [9.17, 15) is 9.59 Å². The molecule has 6 rings (SSSR count). The van der Waals surface area contributed by atoms with Crippen molar-refractivity contribution in [2.45, 2.75) is 38.3 Å². The van der Waals surface area contributed by atoms with Crippen LogP contribution >= 0.6 is 0 Å². The minimum absolute atomic E-state index is 0.118. The second kappa shape index (κ2) is 8.97. The third-order valence-corrected chi connectivity index (χ3v) is 7.81. The maximum Gasteiger partial charge on any atom is 0.250 e. The number of carbonyl (C=O) groups excluding carboxylic acids is 1. The number of piperidine rings is 1. The molecule has 2 atom stereocenters. The van der Waals surface area contributed by atoms with Crippen LogP contribution in [0.15, 0.2) is 71.0 Å². The van der Waals surface area contributed by atoms with Gasteiger partial charge in [0.2, 0.25) is 0 Å². The zero-order valence-corrected chi connectivity index (χ0v) is 20.1. The monoisotopic (exact) mass is 466 g/mol. The molecule has 2 aromatic carbocycles. The first-order valence-corrected chi connectivity index (χ1v) is 12.5. The number of allylic oxidation sites excluding steroid dienone is 1. The number of rotatable bonds is 4. The third kappa shape index (κ3) is 4.14. The second-order valence-corrected chi connectivity index (χ2v) is 10.1. The number of hydrogen-bond donors (Lipinski definition) is 0. The molecule has 1 fully saturated rings. The molecule has 2 bridgehead atoms. The molecule has 0 spiro atoms. The number of hydrogen-bond acceptors (Lipinski definition) is 4. The molecule has 3 aromatic rings. The van der Waals surface area contributed by atoms with Gasteiger partial charge in [-0.3, -0.25) is 14.5 Å². The quantitative estimate of drug-likeness (QED) is 0.524. The Bertz CT molecular complexity index is 1390. The minimum Gasteiger partial charge on any atom is -0.496 e. The molecule has 35 heavy (non-hydrogen) atoms. The van der Waals surface area contributed by atoms with Crippen molar-refractivity contribution >= 4 is 11.9 Å². The van der Waals surface area contributed by atoms with Crippen LogP contribution in [-0.2, 0) is 19.5 Å². The van der Waals surface area contributed by atoms with Gasteiger partial charge in [-0.25, -0.2) is 0 Å². The molecule has 2 aliphatic heterocycles. The number of Topliss-reactive ketones (excluding diaryl/α,β-unsaturated/α-hetero) is 1. The number of ether oxygens (including phenoxy) is 1. The highest BCUT2D eigenvalue weighted by molar-refractivity contribution is 6.13. The van der Waals surface area contributed by atoms with Crippen molar-refractivity contribution in [3.05, 3.63) is 105 Å². The van der Waals surface area contributed by atoms with Gasteiger partial charge in [-0.15, -0.1) is 0 Å². The van der Waals surface area contributed by atoms with E-state index in [2.05, 4.69) is 29.2 Å². The van der Waals surface area contributed by atoms with Gasteiger partial charge in [0.1, 0.15) is 5.75 Å². The van der Waals surface area contributed by atoms with Crippen LogP contribution in [0.2, 0.25) is 0 Å². The van der Waals surface area contributed by atoms with Gasteiger partial charge in [0.25, 0.3) is 5.56 Å². The SMILES string of the molecule is COc1ccc(/C=C2\CCc3ccccc3C2=O)cc1CN1C[C@H]2C[C@H](C1)c1cccc(=O)n1C2. The van der Waals surface area contributed by atoms with Crippen LogP contribution in [0.5, 0.6) is 5.75 Å². The Balaban J connectivity index is 1.25. The number of benzene rings is 2. The molecule has 0 saturated carbocycles. The number of ketones is 1. The van der Waals surface area contributed by atoms with Crippen molar-refractivity contribution < 1.29 is 9.53 Å². The van der Waals surface area contributed by atoms with Crippen LogP contribution in [0.25, 0.3) is 6.08 Å². The standard InChI is InChI=1S/C30H30N2O3/c1-35-28-12-9-20(13-23-11-10-22-5-2-3-6-26(22)30(23)34)14-25(28)19-31-16-21-15-24(18-31)27-7-4-8-29(33)32(27)17-21/h2-9,12-14,21,24H,10-11,15-19H2,1H3/b23-13+/t21-,24-/m1/s1. The Morgan fingerprint density at radius 3 is 2.74 bits per heavy atom. The average Bonchev–Trinajstić information content (AvgIpc) is 2.87. The summed E-state index contributed by atoms with van der Waals surface area (Å²) in [5.41, 5.74) is 6.30. The van der Waals surface area contributed by atoms with Crippen LogP contribution in [0.1, 0.15) is 51.5 Å². The fourth-order valence-electron chi connectivity index (χ4n) is 6.23. The molecular weight excluding hydrogens is 436 g/mol. The summed E-state index contributed by atoms with van der Waals surface area (Å²) in [7, 11) is 1.71. The van der Waals surface area contributed by atoms with Crippen molar-refractivity contribution in [3.63, 3.8) is 0 Å². The molecule has 0 amide bonds. The highest BCUT2D eigenvalue weighted by Gasteiger charge is 2.34. The number of methoxy groups -OCH3 is 1. The number of pyridine rings is 1. The normalized spacial score (nSPS) is 22.5. The molecule has 0 radical (unpaired) electrons. The van der Waals surface area contributed by atoms with E-state index in [0.29, 0.717) is 11.8 Å². The molecule has 1 saturated heterocycles. The lowest BCUT2D eigenvalue weighted by Crippen LogP contribution is -2.46. The molecule has 3 heterocycles. The molecule has 0 unspecified atom stereocenters. The van der Waals surface area contributed by atoms with Gasteiger partial charge in [-0.05, 0) is 60.6 Å². The lowest BCUT2D eigenvalue weighted by molar-refractivity contribution is 0.102.